The summed E-state index contributed by atoms with van der Waals surface area (Å²) < 4.78 is 88.7. The standard InChI is InChI=1S/C52H84N10O11.C26H40N6O5.C26H44N4O7.2CH4/c1-17-41(63)52(13)43(62(48(66)73-52)24-19-18-23-61-30-39(57-59-61)36-21-20-22-37(25-36)56-47(65)72-49(7,8)9)35(6)54-28-31(2)27-51(12,67-16)44(33(4)42-34(5)45(64)71-50(10,11)70-42)69-46-32(3)40(60(14)15)26-38(68-46)29-55-58-53;1-7-21(33)26(6)22(17(2)27)32(24(35)37-26)14-9-8-13-31-16-20(29-30-31)18-11-10-12-19(15-18)28-23(34)36-25(3,4)5;1-15(14-31)12-26(7,33-10)22(17(3)21-18(4)23(32)37-25(5,6)36-21)35-24-16(2)20(30(8)9)11-19(34-24)13-28-29-27;;/h20-22,25,30-33,35,38,40-41,43-44,46,54,63H,17-19,23-24,26-29H2,1-16H3,(H,56,65);10-12,15-17,21-22,33H,7-9,13-14,27H2,1-6H3,(H,28,34);14-17,19-20,22,24H,11-13H2,1-10H3;2*1H4/t31-,32?,33+,35-,38?,40?,41-,43-,44-,46+,51-,52-;17-,21-,22-,26-;15-,16?,17+,19?,20?,22-,24+,26-;;/m111../s1. The number of azide groups is 2. The second-order valence-electron chi connectivity index (χ2n) is 44.3. The number of esters is 2. The fourth-order valence-corrected chi connectivity index (χ4v) is 20.7. The zero-order chi connectivity index (χ0) is 110. The predicted molar refractivity (Wildman–Crippen MR) is 565 cm³/mol. The number of anilines is 2. The Hall–Kier alpha value is -10.4. The molecule has 10 rings (SSSR count). The van der Waals surface area contributed by atoms with Crippen molar-refractivity contribution in [3.05, 3.63) is 104 Å². The first-order valence-electron chi connectivity index (χ1n) is 51.3. The van der Waals surface area contributed by atoms with E-state index < -0.39 is 149 Å². The molecule has 0 spiro atoms. The van der Waals surface area contributed by atoms with E-state index in [2.05, 4.69) is 87.2 Å². The number of aliphatic hydroxyl groups excluding tert-OH is 2. The van der Waals surface area contributed by atoms with E-state index in [9.17, 15) is 43.8 Å². The largest absolute Gasteiger partial charge is 0.456 e. The van der Waals surface area contributed by atoms with Crippen molar-refractivity contribution in [2.24, 2.45) is 51.5 Å². The highest BCUT2D eigenvalue weighted by Crippen LogP contribution is 2.47. The molecule has 149 heavy (non-hydrogen) atoms. The fraction of sp³-hybridized carbons (Fsp3) is 0.745. The lowest BCUT2D eigenvalue weighted by molar-refractivity contribution is -0.286. The van der Waals surface area contributed by atoms with Crippen LogP contribution in [0.3, 0.4) is 0 Å². The predicted octanol–water partition coefficient (Wildman–Crippen LogP) is 17.7. The van der Waals surface area contributed by atoms with E-state index in [1.807, 2.05) is 160 Å². The Morgan fingerprint density at radius 2 is 0.966 bits per heavy atom. The molecule has 4 amide bonds. The first-order chi connectivity index (χ1) is 68.7. The Labute approximate surface area is 881 Å². The number of cyclic esters (lactones) is 4. The quantitative estimate of drug-likeness (QED) is 0.00455. The highest BCUT2D eigenvalue weighted by Gasteiger charge is 2.59. The van der Waals surface area contributed by atoms with Gasteiger partial charge in [0, 0.05) is 154 Å². The molecule has 7 N–H and O–H groups in total. The van der Waals surface area contributed by atoms with E-state index in [4.69, 9.17) is 83.1 Å². The van der Waals surface area contributed by atoms with Gasteiger partial charge in [-0.1, -0.05) is 115 Å². The van der Waals surface area contributed by atoms with Gasteiger partial charge < -0.3 is 102 Å². The van der Waals surface area contributed by atoms with Crippen LogP contribution in [0.25, 0.3) is 43.4 Å². The molecule has 43 nitrogen and oxygen atoms in total. The average Bonchev–Trinajstić information content (AvgIpc) is 1.09. The van der Waals surface area contributed by atoms with Crippen LogP contribution >= 0.6 is 0 Å². The minimum absolute atomic E-state index is 0. The molecule has 4 aromatic rings. The topological polar surface area (TPSA) is 523 Å². The van der Waals surface area contributed by atoms with Gasteiger partial charge in [-0.3, -0.25) is 29.8 Å². The molecule has 6 unspecified atom stereocenters. The Morgan fingerprint density at radius 3 is 1.32 bits per heavy atom. The summed E-state index contributed by atoms with van der Waals surface area (Å²) >= 11 is 0. The van der Waals surface area contributed by atoms with Gasteiger partial charge in [-0.25, -0.2) is 28.8 Å². The summed E-state index contributed by atoms with van der Waals surface area (Å²) in [4.78, 5) is 102. The number of carbonyl (C=O) groups excluding carboxylic acids is 7. The summed E-state index contributed by atoms with van der Waals surface area (Å²) in [6.45, 7) is 50.7. The molecule has 0 radical (unpaired) electrons. The number of rotatable bonds is 46. The number of amides is 4. The monoisotopic (exact) mass is 2100 g/mol. The van der Waals surface area contributed by atoms with Crippen molar-refractivity contribution in [2.45, 2.75) is 403 Å². The van der Waals surface area contributed by atoms with Crippen molar-refractivity contribution >= 4 is 54.0 Å². The molecular weight excluding hydrogens is 1920 g/mol. The highest BCUT2D eigenvalue weighted by atomic mass is 16.7. The number of hydrogen-bond acceptors (Lipinski definition) is 33. The second kappa shape index (κ2) is 54.7. The van der Waals surface area contributed by atoms with Crippen molar-refractivity contribution in [3.8, 4) is 22.5 Å². The van der Waals surface area contributed by atoms with E-state index in [1.54, 1.807) is 122 Å². The van der Waals surface area contributed by atoms with Crippen molar-refractivity contribution in [1.82, 2.24) is 54.9 Å². The number of carbonyl (C=O) groups is 7. The van der Waals surface area contributed by atoms with Gasteiger partial charge >= 0.3 is 36.3 Å². The number of aliphatic hydroxyl groups is 2. The number of nitrogens with one attached hydrogen (secondary N) is 3. The number of unbranched alkanes of at least 4 members (excludes halogenated alkanes) is 2. The first kappa shape index (κ1) is 127. The Balaban J connectivity index is 0.000000374. The molecule has 4 saturated heterocycles. The zero-order valence-corrected chi connectivity index (χ0v) is 92.6. The van der Waals surface area contributed by atoms with Gasteiger partial charge in [0.05, 0.1) is 96.5 Å². The molecule has 6 aliphatic heterocycles. The summed E-state index contributed by atoms with van der Waals surface area (Å²) in [5, 5.41) is 55.8. The van der Waals surface area contributed by atoms with E-state index in [0.717, 1.165) is 23.8 Å². The third-order valence-electron chi connectivity index (χ3n) is 28.2. The molecule has 2 aromatic carbocycles. The van der Waals surface area contributed by atoms with Crippen LogP contribution in [-0.2, 0) is 93.8 Å². The lowest BCUT2D eigenvalue weighted by atomic mass is 9.80. The van der Waals surface area contributed by atoms with E-state index in [1.165, 1.54) is 0 Å². The van der Waals surface area contributed by atoms with Crippen LogP contribution in [0.15, 0.2) is 93.8 Å². The van der Waals surface area contributed by atoms with Crippen molar-refractivity contribution in [1.29, 1.82) is 0 Å². The summed E-state index contributed by atoms with van der Waals surface area (Å²) in [5.41, 5.74) is 23.6. The molecule has 4 fully saturated rings. The Morgan fingerprint density at radius 1 is 0.591 bits per heavy atom. The first-order valence-corrected chi connectivity index (χ1v) is 51.3. The number of methoxy groups -OCH3 is 2. The third kappa shape index (κ3) is 34.1. The van der Waals surface area contributed by atoms with Crippen LogP contribution in [0.5, 0.6) is 0 Å². The number of hydrogen-bond donors (Lipinski definition) is 6. The normalized spacial score (nSPS) is 25.6. The van der Waals surface area contributed by atoms with Crippen molar-refractivity contribution in [2.75, 3.05) is 85.8 Å². The van der Waals surface area contributed by atoms with E-state index in [0.29, 0.717) is 136 Å². The Kier molecular flexibility index (Phi) is 46.8. The van der Waals surface area contributed by atoms with Gasteiger partial charge in [0.1, 0.15) is 40.4 Å². The third-order valence-corrected chi connectivity index (χ3v) is 28.2. The number of benzene rings is 2. The van der Waals surface area contributed by atoms with Gasteiger partial charge in [0.2, 0.25) is 11.6 Å². The number of ether oxygens (including phenoxy) is 14. The molecule has 838 valence electrons. The molecule has 0 saturated carbocycles. The van der Waals surface area contributed by atoms with Crippen LogP contribution in [-0.4, -0.2) is 308 Å². The summed E-state index contributed by atoms with van der Waals surface area (Å²) in [7, 11) is 11.2. The highest BCUT2D eigenvalue weighted by molar-refractivity contribution is 5.90. The zero-order valence-electron chi connectivity index (χ0n) is 92.6. The fourth-order valence-electron chi connectivity index (χ4n) is 20.7. The van der Waals surface area contributed by atoms with E-state index >= 15 is 0 Å². The van der Waals surface area contributed by atoms with Crippen LogP contribution in [0.2, 0.25) is 0 Å². The summed E-state index contributed by atoms with van der Waals surface area (Å²) in [5.74, 6) is -3.87. The molecule has 0 bridgehead atoms. The number of aryl methyl sites for hydroxylation is 2. The molecular formula is C106H176N20O23. The lowest BCUT2D eigenvalue weighted by Crippen LogP contribution is -2.60. The summed E-state index contributed by atoms with van der Waals surface area (Å²) in [6.07, 6.45) is 3.18. The molecule has 43 heteroatoms. The molecule has 2 aromatic heterocycles. The number of aromatic nitrogens is 6. The van der Waals surface area contributed by atoms with Crippen LogP contribution in [0.1, 0.15) is 259 Å². The molecule has 8 heterocycles. The SMILES string of the molecule is C.C.CC[C@@H](O)[C@@]1(C)OC(=O)N(CCCCn2cc(-c3cccc(NC(=O)OC(C)(C)C)c3)nn2)[C@@H]1[C@@H](C)N.CC[C@@H](O)[C@@]1(C)OC(=O)N(CCCCn2cc(-c3cccc(NC(=O)OC(C)(C)C)c3)nn2)[C@@H]1[C@@H](C)NC[C@H](C)C[C@@](C)(OC)[C@H](O[C@@H]1OC(CN=[N+]=[N-])CC(N(C)C)C1C)[C@@H](C)C1=C(C)C(=O)OC(C)(C)O1.CO[C@](C)(C[C@@H](C)C=O)[C@H](O[C@@H]1OC(CN=[N+]=[N-])CC(N(C)C)C1C)[C@@H](C)C1=C(C)C(=O)OC(C)(C)O1. The van der Waals surface area contributed by atoms with Crippen LogP contribution < -0.4 is 21.7 Å². The van der Waals surface area contributed by atoms with Crippen LogP contribution in [0, 0.1) is 35.5 Å². The number of nitrogens with zero attached hydrogens (tertiary/aromatic N) is 16. The van der Waals surface area contributed by atoms with Gasteiger partial charge in [0.25, 0.3) is 0 Å². The van der Waals surface area contributed by atoms with Gasteiger partial charge in [0.15, 0.2) is 23.8 Å². The molecule has 6 aliphatic rings. The molecule has 0 aliphatic carbocycles. The van der Waals surface area contributed by atoms with Crippen LogP contribution in [0.4, 0.5) is 30.6 Å². The second-order valence-corrected chi connectivity index (χ2v) is 44.3. The van der Waals surface area contributed by atoms with Gasteiger partial charge in [-0.2, -0.15) is 0 Å². The van der Waals surface area contributed by atoms with E-state index in [-0.39, 0.29) is 81.9 Å². The molecule has 24 atom stereocenters. The number of nitrogens with two attached hydrogens (primary N) is 1. The van der Waals surface area contributed by atoms with Gasteiger partial charge in [-0.15, -0.1) is 10.2 Å². The lowest BCUT2D eigenvalue weighted by Gasteiger charge is -2.48. The van der Waals surface area contributed by atoms with Gasteiger partial charge in [-0.05, 0) is 237 Å². The minimum atomic E-state index is -1.22. The Bertz CT molecular complexity index is 5200. The summed E-state index contributed by atoms with van der Waals surface area (Å²) in [6, 6.07) is 13.2. The maximum atomic E-state index is 13.7. The maximum Gasteiger partial charge on any atom is 0.412 e. The smallest absolute Gasteiger partial charge is 0.412 e. The minimum Gasteiger partial charge on any atom is -0.456 e. The van der Waals surface area contributed by atoms with Crippen molar-refractivity contribution < 1.29 is 110 Å². The average molecular weight is 2100 g/mol. The number of aldehydes is 1. The maximum absolute atomic E-state index is 13.7. The van der Waals surface area contributed by atoms with Crippen molar-refractivity contribution in [3.63, 3.8) is 0 Å².